The van der Waals surface area contributed by atoms with Gasteiger partial charge in [-0.3, -0.25) is 5.10 Å². The Morgan fingerprint density at radius 3 is 2.75 bits per heavy atom. The van der Waals surface area contributed by atoms with E-state index in [1.807, 2.05) is 0 Å². The van der Waals surface area contributed by atoms with Crippen molar-refractivity contribution in [2.24, 2.45) is 0 Å². The Morgan fingerprint density at radius 1 is 1.50 bits per heavy atom. The number of rotatable bonds is 5. The lowest BCUT2D eigenvalue weighted by atomic mass is 10.3. The largest absolute Gasteiger partial charge is 0.476 e. The molecule has 1 aliphatic rings. The van der Waals surface area contributed by atoms with Gasteiger partial charge in [-0.1, -0.05) is 0 Å². The number of hydrogen-bond donors (Lipinski definition) is 3. The molecule has 2 rings (SSSR count). The molecule has 0 bridgehead atoms. The summed E-state index contributed by atoms with van der Waals surface area (Å²) in [5.41, 5.74) is -0.285. The van der Waals surface area contributed by atoms with Gasteiger partial charge in [0.2, 0.25) is 10.0 Å². The molecule has 0 radical (unpaired) electrons. The molecule has 9 heteroatoms. The predicted octanol–water partition coefficient (Wildman–Crippen LogP) is 0.262. The predicted molar refractivity (Wildman–Crippen MR) is 69.0 cm³/mol. The van der Waals surface area contributed by atoms with Crippen LogP contribution in [0.4, 0.5) is 0 Å². The second-order valence-electron chi connectivity index (χ2n) is 4.82. The fourth-order valence-electron chi connectivity index (χ4n) is 2.43. The number of hydrogen-bond acceptors (Lipinski definition) is 5. The Kier molecular flexibility index (Phi) is 4.11. The zero-order chi connectivity index (χ0) is 14.9. The zero-order valence-electron chi connectivity index (χ0n) is 11.2. The lowest BCUT2D eigenvalue weighted by Gasteiger charge is -2.13. The Bertz CT molecular complexity index is 610. The number of methoxy groups -OCH3 is 1. The number of nitrogens with one attached hydrogen (secondary N) is 2. The highest BCUT2D eigenvalue weighted by atomic mass is 32.2. The molecule has 1 aromatic rings. The first-order valence-electron chi connectivity index (χ1n) is 6.18. The third-order valence-corrected chi connectivity index (χ3v) is 5.08. The van der Waals surface area contributed by atoms with Crippen molar-refractivity contribution in [2.75, 3.05) is 7.11 Å². The SMILES string of the molecule is COC1CCC(NS(=O)(=O)c2c(C(=O)O)n[nH]c2C)C1. The molecular formula is C11H17N3O5S. The third-order valence-electron chi connectivity index (χ3n) is 3.40. The number of aromatic nitrogens is 2. The molecule has 112 valence electrons. The van der Waals surface area contributed by atoms with Crippen molar-refractivity contribution < 1.29 is 23.1 Å². The number of nitrogens with zero attached hydrogens (tertiary/aromatic N) is 1. The van der Waals surface area contributed by atoms with E-state index in [0.717, 1.165) is 6.42 Å². The van der Waals surface area contributed by atoms with Crippen molar-refractivity contribution in [3.05, 3.63) is 11.4 Å². The maximum atomic E-state index is 12.3. The Balaban J connectivity index is 2.23. The summed E-state index contributed by atoms with van der Waals surface area (Å²) in [5.74, 6) is -1.38. The third kappa shape index (κ3) is 2.84. The van der Waals surface area contributed by atoms with Gasteiger partial charge in [0.05, 0.1) is 11.8 Å². The van der Waals surface area contributed by atoms with E-state index in [9.17, 15) is 13.2 Å². The lowest BCUT2D eigenvalue weighted by molar-refractivity contribution is 0.0686. The lowest BCUT2D eigenvalue weighted by Crippen LogP contribution is -2.34. The average molecular weight is 303 g/mol. The summed E-state index contributed by atoms with van der Waals surface area (Å²) in [5, 5.41) is 14.9. The zero-order valence-corrected chi connectivity index (χ0v) is 12.0. The molecule has 0 spiro atoms. The van der Waals surface area contributed by atoms with Gasteiger partial charge in [0.1, 0.15) is 4.90 Å². The van der Waals surface area contributed by atoms with E-state index in [2.05, 4.69) is 14.9 Å². The van der Waals surface area contributed by atoms with E-state index in [4.69, 9.17) is 9.84 Å². The normalized spacial score (nSPS) is 23.1. The van der Waals surface area contributed by atoms with Crippen molar-refractivity contribution in [2.45, 2.75) is 43.2 Å². The van der Waals surface area contributed by atoms with Crippen LogP contribution in [0.1, 0.15) is 35.4 Å². The molecular weight excluding hydrogens is 286 g/mol. The number of carboxylic acids is 1. The molecule has 0 aliphatic heterocycles. The van der Waals surface area contributed by atoms with Gasteiger partial charge in [0, 0.05) is 13.2 Å². The van der Waals surface area contributed by atoms with Crippen molar-refractivity contribution in [3.8, 4) is 0 Å². The minimum absolute atomic E-state index is 0.0343. The van der Waals surface area contributed by atoms with E-state index in [-0.39, 0.29) is 22.7 Å². The van der Waals surface area contributed by atoms with Crippen LogP contribution >= 0.6 is 0 Å². The van der Waals surface area contributed by atoms with Crippen LogP contribution in [0.2, 0.25) is 0 Å². The number of aryl methyl sites for hydroxylation is 1. The highest BCUT2D eigenvalue weighted by Crippen LogP contribution is 2.24. The van der Waals surface area contributed by atoms with E-state index in [0.29, 0.717) is 12.8 Å². The van der Waals surface area contributed by atoms with Gasteiger partial charge in [-0.2, -0.15) is 5.10 Å². The molecule has 1 heterocycles. The second-order valence-corrected chi connectivity index (χ2v) is 6.47. The standard InChI is InChI=1S/C11H17N3O5S/c1-6-10(9(11(15)16)13-12-6)20(17,18)14-7-3-4-8(5-7)19-2/h7-8,14H,3-5H2,1-2H3,(H,12,13)(H,15,16). The van der Waals surface area contributed by atoms with Crippen LogP contribution in [-0.4, -0.2) is 48.9 Å². The molecule has 8 nitrogen and oxygen atoms in total. The Labute approximate surface area is 116 Å². The van der Waals surface area contributed by atoms with Gasteiger partial charge in [0.25, 0.3) is 0 Å². The number of aromatic amines is 1. The summed E-state index contributed by atoms with van der Waals surface area (Å²) in [4.78, 5) is 10.7. The van der Waals surface area contributed by atoms with Crippen LogP contribution in [0.5, 0.6) is 0 Å². The molecule has 2 unspecified atom stereocenters. The number of H-pyrrole nitrogens is 1. The van der Waals surface area contributed by atoms with E-state index in [1.54, 1.807) is 7.11 Å². The Hall–Kier alpha value is -1.45. The quantitative estimate of drug-likeness (QED) is 0.717. The molecule has 3 N–H and O–H groups in total. The highest BCUT2D eigenvalue weighted by Gasteiger charge is 2.33. The van der Waals surface area contributed by atoms with Gasteiger partial charge in [-0.15, -0.1) is 0 Å². The molecule has 0 amide bonds. The van der Waals surface area contributed by atoms with Crippen LogP contribution in [0, 0.1) is 6.92 Å². The van der Waals surface area contributed by atoms with Crippen molar-refractivity contribution in [1.82, 2.24) is 14.9 Å². The summed E-state index contributed by atoms with van der Waals surface area (Å²) in [6, 6.07) is -0.249. The summed E-state index contributed by atoms with van der Waals surface area (Å²) in [6.07, 6.45) is 2.05. The van der Waals surface area contributed by atoms with Gasteiger partial charge in [0.15, 0.2) is 5.69 Å². The first-order valence-corrected chi connectivity index (χ1v) is 7.67. The topological polar surface area (TPSA) is 121 Å². The van der Waals surface area contributed by atoms with E-state index >= 15 is 0 Å². The minimum atomic E-state index is -3.92. The maximum Gasteiger partial charge on any atom is 0.357 e. The molecule has 0 saturated heterocycles. The van der Waals surface area contributed by atoms with Gasteiger partial charge in [-0.25, -0.2) is 17.9 Å². The maximum absolute atomic E-state index is 12.3. The fourth-order valence-corrected chi connectivity index (χ4v) is 4.04. The summed E-state index contributed by atoms with van der Waals surface area (Å²) < 4.78 is 32.3. The molecule has 20 heavy (non-hydrogen) atoms. The minimum Gasteiger partial charge on any atom is -0.476 e. The van der Waals surface area contributed by atoms with Gasteiger partial charge in [-0.05, 0) is 26.2 Å². The second kappa shape index (κ2) is 5.51. The first-order chi connectivity index (χ1) is 9.35. The van der Waals surface area contributed by atoms with E-state index in [1.165, 1.54) is 6.92 Å². The van der Waals surface area contributed by atoms with Gasteiger partial charge < -0.3 is 9.84 Å². The van der Waals surface area contributed by atoms with Crippen LogP contribution in [-0.2, 0) is 14.8 Å². The molecule has 1 aliphatic carbocycles. The van der Waals surface area contributed by atoms with Crippen LogP contribution in [0.15, 0.2) is 4.90 Å². The molecule has 2 atom stereocenters. The van der Waals surface area contributed by atoms with Crippen LogP contribution < -0.4 is 4.72 Å². The highest BCUT2D eigenvalue weighted by molar-refractivity contribution is 7.89. The van der Waals surface area contributed by atoms with Crippen molar-refractivity contribution in [3.63, 3.8) is 0 Å². The van der Waals surface area contributed by atoms with Crippen molar-refractivity contribution >= 4 is 16.0 Å². The molecule has 1 aromatic heterocycles. The summed E-state index contributed by atoms with van der Waals surface area (Å²) in [6.45, 7) is 1.47. The van der Waals surface area contributed by atoms with Crippen molar-refractivity contribution in [1.29, 1.82) is 0 Å². The monoisotopic (exact) mass is 303 g/mol. The Morgan fingerprint density at radius 2 is 2.20 bits per heavy atom. The van der Waals surface area contributed by atoms with Crippen LogP contribution in [0.25, 0.3) is 0 Å². The number of carboxylic acid groups (broad SMARTS) is 1. The number of sulfonamides is 1. The van der Waals surface area contributed by atoms with E-state index < -0.39 is 21.7 Å². The van der Waals surface area contributed by atoms with Crippen LogP contribution in [0.3, 0.4) is 0 Å². The summed E-state index contributed by atoms with van der Waals surface area (Å²) >= 11 is 0. The fraction of sp³-hybridized carbons (Fsp3) is 0.636. The number of carbonyl (C=O) groups is 1. The molecule has 0 aromatic carbocycles. The smallest absolute Gasteiger partial charge is 0.357 e. The average Bonchev–Trinajstić information content (AvgIpc) is 2.95. The van der Waals surface area contributed by atoms with Gasteiger partial charge >= 0.3 is 5.97 Å². The first kappa shape index (κ1) is 14.9. The summed E-state index contributed by atoms with van der Waals surface area (Å²) in [7, 11) is -2.33. The molecule has 1 fully saturated rings. The molecule has 1 saturated carbocycles. The number of ether oxygens (including phenoxy) is 1. The number of aromatic carboxylic acids is 1.